The van der Waals surface area contributed by atoms with Crippen LogP contribution in [-0.4, -0.2) is 26.4 Å². The predicted octanol–water partition coefficient (Wildman–Crippen LogP) is 3.41. The van der Waals surface area contributed by atoms with Gasteiger partial charge in [-0.25, -0.2) is 9.89 Å². The van der Waals surface area contributed by atoms with Gasteiger partial charge in [-0.15, -0.1) is 5.10 Å². The number of carbonyl (C=O) groups excluding carboxylic acids is 1. The standard InChI is InChI=1S/C14H16Cl2N4O2S/c1-2-3-6-20-13(22)18-19-14(20)23-8-12(21)17-11-5-4-9(15)7-10(11)16/h4-5,7H,2-3,6,8H2,1H3,(H,17,21)(H,18,22). The molecule has 2 aromatic rings. The molecule has 0 bridgehead atoms. The molecule has 0 saturated carbocycles. The maximum absolute atomic E-state index is 12.0. The van der Waals surface area contributed by atoms with Crippen LogP contribution in [0.2, 0.25) is 10.0 Å². The molecule has 2 N–H and O–H groups in total. The van der Waals surface area contributed by atoms with Gasteiger partial charge in [-0.05, 0) is 24.6 Å². The van der Waals surface area contributed by atoms with Gasteiger partial charge in [-0.3, -0.25) is 9.36 Å². The molecular weight excluding hydrogens is 359 g/mol. The minimum absolute atomic E-state index is 0.120. The highest BCUT2D eigenvalue weighted by Gasteiger charge is 2.12. The van der Waals surface area contributed by atoms with Crippen molar-refractivity contribution in [2.75, 3.05) is 11.1 Å². The van der Waals surface area contributed by atoms with Crippen LogP contribution in [-0.2, 0) is 11.3 Å². The largest absolute Gasteiger partial charge is 0.343 e. The first-order valence-electron chi connectivity index (χ1n) is 7.04. The van der Waals surface area contributed by atoms with E-state index in [1.165, 1.54) is 16.3 Å². The third-order valence-electron chi connectivity index (χ3n) is 3.00. The van der Waals surface area contributed by atoms with Crippen LogP contribution in [0.3, 0.4) is 0 Å². The molecule has 0 aliphatic carbocycles. The molecule has 0 radical (unpaired) electrons. The lowest BCUT2D eigenvalue weighted by atomic mass is 10.3. The van der Waals surface area contributed by atoms with Crippen molar-refractivity contribution in [2.45, 2.75) is 31.5 Å². The van der Waals surface area contributed by atoms with Crippen molar-refractivity contribution in [3.63, 3.8) is 0 Å². The number of unbranched alkanes of at least 4 members (excludes halogenated alkanes) is 1. The zero-order chi connectivity index (χ0) is 16.8. The van der Waals surface area contributed by atoms with Gasteiger partial charge in [-0.1, -0.05) is 48.3 Å². The Morgan fingerprint density at radius 3 is 2.91 bits per heavy atom. The maximum Gasteiger partial charge on any atom is 0.343 e. The molecule has 9 heteroatoms. The average molecular weight is 375 g/mol. The SMILES string of the molecule is CCCCn1c(SCC(=O)Nc2ccc(Cl)cc2Cl)n[nH]c1=O. The Bertz CT molecular complexity index is 745. The van der Waals surface area contributed by atoms with Gasteiger partial charge in [-0.2, -0.15) is 0 Å². The lowest BCUT2D eigenvalue weighted by Crippen LogP contribution is -2.19. The number of aromatic amines is 1. The first kappa shape index (κ1) is 17.9. The van der Waals surface area contributed by atoms with E-state index in [0.29, 0.717) is 27.4 Å². The van der Waals surface area contributed by atoms with E-state index in [4.69, 9.17) is 23.2 Å². The fourth-order valence-electron chi connectivity index (χ4n) is 1.83. The molecule has 23 heavy (non-hydrogen) atoms. The molecule has 2 rings (SSSR count). The number of hydrogen-bond donors (Lipinski definition) is 2. The van der Waals surface area contributed by atoms with Gasteiger partial charge in [0, 0.05) is 11.6 Å². The third-order valence-corrected chi connectivity index (χ3v) is 4.52. The fourth-order valence-corrected chi connectivity index (χ4v) is 3.06. The Morgan fingerprint density at radius 1 is 1.43 bits per heavy atom. The Hall–Kier alpha value is -1.44. The second-order valence-electron chi connectivity index (χ2n) is 4.78. The van der Waals surface area contributed by atoms with Crippen LogP contribution in [0.1, 0.15) is 19.8 Å². The molecule has 0 unspecified atom stereocenters. The van der Waals surface area contributed by atoms with Gasteiger partial charge < -0.3 is 5.32 Å². The van der Waals surface area contributed by atoms with Crippen molar-refractivity contribution in [1.82, 2.24) is 14.8 Å². The average Bonchev–Trinajstić information content (AvgIpc) is 2.86. The van der Waals surface area contributed by atoms with E-state index in [0.717, 1.165) is 12.8 Å². The molecule has 0 spiro atoms. The number of amides is 1. The molecule has 0 fully saturated rings. The van der Waals surface area contributed by atoms with E-state index in [1.807, 2.05) is 6.92 Å². The summed E-state index contributed by atoms with van der Waals surface area (Å²) in [6.07, 6.45) is 1.84. The molecule has 0 atom stereocenters. The fraction of sp³-hybridized carbons (Fsp3) is 0.357. The first-order chi connectivity index (χ1) is 11.0. The molecule has 1 amide bonds. The first-order valence-corrected chi connectivity index (χ1v) is 8.78. The van der Waals surface area contributed by atoms with E-state index < -0.39 is 0 Å². The van der Waals surface area contributed by atoms with Crippen LogP contribution in [0.5, 0.6) is 0 Å². The minimum Gasteiger partial charge on any atom is -0.324 e. The number of H-pyrrole nitrogens is 1. The van der Waals surface area contributed by atoms with Gasteiger partial charge in [0.05, 0.1) is 16.5 Å². The lowest BCUT2D eigenvalue weighted by Gasteiger charge is -2.07. The second kappa shape index (κ2) is 8.42. The Balaban J connectivity index is 1.95. The summed E-state index contributed by atoms with van der Waals surface area (Å²) >= 11 is 13.0. The number of nitrogens with zero attached hydrogens (tertiary/aromatic N) is 2. The number of hydrogen-bond acceptors (Lipinski definition) is 4. The smallest absolute Gasteiger partial charge is 0.324 e. The number of aromatic nitrogens is 3. The third kappa shape index (κ3) is 5.02. The summed E-state index contributed by atoms with van der Waals surface area (Å²) in [5.41, 5.74) is 0.231. The number of halogens is 2. The lowest BCUT2D eigenvalue weighted by molar-refractivity contribution is -0.113. The summed E-state index contributed by atoms with van der Waals surface area (Å²) < 4.78 is 1.54. The minimum atomic E-state index is -0.262. The highest BCUT2D eigenvalue weighted by Crippen LogP contribution is 2.25. The molecule has 1 heterocycles. The van der Waals surface area contributed by atoms with Crippen molar-refractivity contribution >= 4 is 46.6 Å². The van der Waals surface area contributed by atoms with Crippen molar-refractivity contribution in [3.05, 3.63) is 38.7 Å². The molecular formula is C14H16Cl2N4O2S. The molecule has 1 aromatic heterocycles. The van der Waals surface area contributed by atoms with Crippen LogP contribution >= 0.6 is 35.0 Å². The second-order valence-corrected chi connectivity index (χ2v) is 6.56. The maximum atomic E-state index is 12.0. The number of nitrogens with one attached hydrogen (secondary N) is 2. The summed E-state index contributed by atoms with van der Waals surface area (Å²) in [7, 11) is 0. The summed E-state index contributed by atoms with van der Waals surface area (Å²) in [5, 5.41) is 10.4. The number of anilines is 1. The monoisotopic (exact) mass is 374 g/mol. The van der Waals surface area contributed by atoms with E-state index in [9.17, 15) is 9.59 Å². The van der Waals surface area contributed by atoms with Crippen molar-refractivity contribution < 1.29 is 4.79 Å². The topological polar surface area (TPSA) is 79.8 Å². The van der Waals surface area contributed by atoms with Crippen molar-refractivity contribution in [3.8, 4) is 0 Å². The quantitative estimate of drug-likeness (QED) is 0.727. The molecule has 0 aliphatic heterocycles. The Morgan fingerprint density at radius 2 is 2.22 bits per heavy atom. The summed E-state index contributed by atoms with van der Waals surface area (Å²) in [6, 6.07) is 4.84. The van der Waals surface area contributed by atoms with Gasteiger partial charge in [0.2, 0.25) is 5.91 Å². The van der Waals surface area contributed by atoms with Crippen LogP contribution in [0, 0.1) is 0 Å². The van der Waals surface area contributed by atoms with Gasteiger partial charge >= 0.3 is 5.69 Å². The zero-order valence-electron chi connectivity index (χ0n) is 12.4. The van der Waals surface area contributed by atoms with Crippen molar-refractivity contribution in [2.24, 2.45) is 0 Å². The molecule has 124 valence electrons. The molecule has 0 aliphatic rings. The van der Waals surface area contributed by atoms with Gasteiger partial charge in [0.1, 0.15) is 0 Å². The Labute approximate surface area is 147 Å². The van der Waals surface area contributed by atoms with Crippen molar-refractivity contribution in [1.29, 1.82) is 0 Å². The zero-order valence-corrected chi connectivity index (χ0v) is 14.8. The molecule has 1 aromatic carbocycles. The molecule has 6 nitrogen and oxygen atoms in total. The predicted molar refractivity (Wildman–Crippen MR) is 93.6 cm³/mol. The van der Waals surface area contributed by atoms with E-state index in [2.05, 4.69) is 15.5 Å². The summed E-state index contributed by atoms with van der Waals surface area (Å²) in [5.74, 6) is -0.119. The highest BCUT2D eigenvalue weighted by atomic mass is 35.5. The number of thioether (sulfide) groups is 1. The van der Waals surface area contributed by atoms with E-state index in [1.54, 1.807) is 18.2 Å². The highest BCUT2D eigenvalue weighted by molar-refractivity contribution is 7.99. The van der Waals surface area contributed by atoms with Crippen LogP contribution in [0.4, 0.5) is 5.69 Å². The Kier molecular flexibility index (Phi) is 6.56. The van der Waals surface area contributed by atoms with Crippen LogP contribution in [0.15, 0.2) is 28.2 Å². The van der Waals surface area contributed by atoms with Gasteiger partial charge in [0.15, 0.2) is 5.16 Å². The van der Waals surface area contributed by atoms with Crippen LogP contribution in [0.25, 0.3) is 0 Å². The van der Waals surface area contributed by atoms with Crippen LogP contribution < -0.4 is 11.0 Å². The van der Waals surface area contributed by atoms with E-state index >= 15 is 0 Å². The summed E-state index contributed by atoms with van der Waals surface area (Å²) in [4.78, 5) is 23.7. The summed E-state index contributed by atoms with van der Waals surface area (Å²) in [6.45, 7) is 2.63. The number of rotatable bonds is 7. The van der Waals surface area contributed by atoms with E-state index in [-0.39, 0.29) is 17.3 Å². The normalized spacial score (nSPS) is 10.7. The number of carbonyl (C=O) groups is 1. The van der Waals surface area contributed by atoms with Gasteiger partial charge in [0.25, 0.3) is 0 Å². The number of benzene rings is 1. The molecule has 0 saturated heterocycles.